The fourth-order valence-electron chi connectivity index (χ4n) is 1.92. The van der Waals surface area contributed by atoms with Gasteiger partial charge in [-0.05, 0) is 29.8 Å². The largest absolute Gasteiger partial charge is 0.460 e. The number of halogens is 2. The van der Waals surface area contributed by atoms with Gasteiger partial charge in [0.2, 0.25) is 0 Å². The van der Waals surface area contributed by atoms with E-state index in [1.54, 1.807) is 0 Å². The van der Waals surface area contributed by atoms with Gasteiger partial charge < -0.3 is 4.42 Å². The van der Waals surface area contributed by atoms with Gasteiger partial charge in [-0.1, -0.05) is 57.9 Å². The van der Waals surface area contributed by atoms with E-state index in [0.717, 1.165) is 27.3 Å². The number of hydrogen-bond donors (Lipinski definition) is 0. The van der Waals surface area contributed by atoms with Crippen molar-refractivity contribution >= 4 is 38.5 Å². The third-order valence-electron chi connectivity index (χ3n) is 2.86. The van der Waals surface area contributed by atoms with E-state index in [2.05, 4.69) is 22.0 Å². The molecule has 0 aliphatic carbocycles. The molecule has 1 aromatic heterocycles. The minimum atomic E-state index is 0.0437. The Morgan fingerprint density at radius 3 is 2.44 bits per heavy atom. The molecule has 1 heterocycles. The van der Waals surface area contributed by atoms with Crippen LogP contribution in [0.2, 0.25) is 5.02 Å². The zero-order chi connectivity index (χ0) is 12.5. The van der Waals surface area contributed by atoms with Crippen molar-refractivity contribution in [3.8, 4) is 0 Å². The lowest BCUT2D eigenvalue weighted by molar-refractivity contribution is 0.561. The highest BCUT2D eigenvalue weighted by molar-refractivity contribution is 9.09. The van der Waals surface area contributed by atoms with Crippen LogP contribution in [-0.4, -0.2) is 0 Å². The highest BCUT2D eigenvalue weighted by Gasteiger charge is 2.15. The third kappa shape index (κ3) is 2.18. The number of furan rings is 1. The Morgan fingerprint density at radius 1 is 1.00 bits per heavy atom. The molecular weight excluding hydrogens is 312 g/mol. The van der Waals surface area contributed by atoms with Crippen molar-refractivity contribution in [1.82, 2.24) is 0 Å². The van der Waals surface area contributed by atoms with Crippen molar-refractivity contribution in [1.29, 1.82) is 0 Å². The molecule has 0 aliphatic heterocycles. The predicted octanol–water partition coefficient (Wildman–Crippen LogP) is 5.57. The summed E-state index contributed by atoms with van der Waals surface area (Å²) in [6.45, 7) is 0. The Morgan fingerprint density at radius 2 is 1.72 bits per heavy atom. The Labute approximate surface area is 119 Å². The first kappa shape index (κ1) is 11.8. The van der Waals surface area contributed by atoms with Crippen LogP contribution in [0, 0.1) is 0 Å². The van der Waals surface area contributed by atoms with Gasteiger partial charge in [-0.15, -0.1) is 0 Å². The van der Waals surface area contributed by atoms with E-state index in [9.17, 15) is 0 Å². The fourth-order valence-corrected chi connectivity index (χ4v) is 2.58. The maximum Gasteiger partial charge on any atom is 0.134 e. The number of fused-ring (bicyclic) bond motifs is 1. The molecule has 3 heteroatoms. The molecule has 1 unspecified atom stereocenters. The molecule has 1 atom stereocenters. The van der Waals surface area contributed by atoms with Crippen molar-refractivity contribution < 1.29 is 4.42 Å². The molecule has 3 rings (SSSR count). The van der Waals surface area contributed by atoms with Crippen LogP contribution in [0.5, 0.6) is 0 Å². The Bertz CT molecular complexity index is 639. The second kappa shape index (κ2) is 4.79. The summed E-state index contributed by atoms with van der Waals surface area (Å²) in [5.74, 6) is 0.901. The smallest absolute Gasteiger partial charge is 0.134 e. The second-order valence-corrected chi connectivity index (χ2v) is 5.45. The first-order valence-corrected chi connectivity index (χ1v) is 6.91. The number of hydrogen-bond acceptors (Lipinski definition) is 1. The first-order valence-electron chi connectivity index (χ1n) is 5.62. The molecule has 0 fully saturated rings. The molecule has 3 aromatic rings. The minimum absolute atomic E-state index is 0.0437. The Kier molecular flexibility index (Phi) is 3.14. The summed E-state index contributed by atoms with van der Waals surface area (Å²) in [6, 6.07) is 17.8. The molecule has 0 saturated carbocycles. The average Bonchev–Trinajstić information content (AvgIpc) is 2.82. The van der Waals surface area contributed by atoms with E-state index in [4.69, 9.17) is 16.0 Å². The van der Waals surface area contributed by atoms with Crippen LogP contribution >= 0.6 is 27.5 Å². The fraction of sp³-hybridized carbons (Fsp3) is 0.0667. The summed E-state index contributed by atoms with van der Waals surface area (Å²) in [5.41, 5.74) is 2.03. The summed E-state index contributed by atoms with van der Waals surface area (Å²) < 4.78 is 5.83. The van der Waals surface area contributed by atoms with Crippen molar-refractivity contribution in [3.63, 3.8) is 0 Å². The standard InChI is InChI=1S/C15H10BrClO/c16-15(10-5-7-12(17)8-6-10)14-9-11-3-1-2-4-13(11)18-14/h1-9,15H. The van der Waals surface area contributed by atoms with E-state index in [1.165, 1.54) is 0 Å². The van der Waals surface area contributed by atoms with Gasteiger partial charge in [-0.3, -0.25) is 0 Å². The molecule has 0 N–H and O–H groups in total. The van der Waals surface area contributed by atoms with Gasteiger partial charge in [-0.25, -0.2) is 0 Å². The topological polar surface area (TPSA) is 13.1 Å². The van der Waals surface area contributed by atoms with Gasteiger partial charge >= 0.3 is 0 Å². The predicted molar refractivity (Wildman–Crippen MR) is 78.4 cm³/mol. The van der Waals surface area contributed by atoms with Crippen LogP contribution in [0.4, 0.5) is 0 Å². The van der Waals surface area contributed by atoms with E-state index in [1.807, 2.05) is 48.5 Å². The summed E-state index contributed by atoms with van der Waals surface area (Å²) in [5, 5.41) is 1.86. The highest BCUT2D eigenvalue weighted by Crippen LogP contribution is 2.34. The SMILES string of the molecule is Clc1ccc(C(Br)c2cc3ccccc3o2)cc1. The van der Waals surface area contributed by atoms with Crippen molar-refractivity contribution in [3.05, 3.63) is 70.9 Å². The van der Waals surface area contributed by atoms with Crippen LogP contribution in [0.1, 0.15) is 16.2 Å². The Balaban J connectivity index is 2.00. The highest BCUT2D eigenvalue weighted by atomic mass is 79.9. The summed E-state index contributed by atoms with van der Waals surface area (Å²) >= 11 is 9.55. The normalized spacial score (nSPS) is 12.8. The molecule has 2 aromatic carbocycles. The Hall–Kier alpha value is -1.25. The summed E-state index contributed by atoms with van der Waals surface area (Å²) in [6.07, 6.45) is 0. The molecule has 18 heavy (non-hydrogen) atoms. The van der Waals surface area contributed by atoms with Gasteiger partial charge in [0.1, 0.15) is 11.3 Å². The minimum Gasteiger partial charge on any atom is -0.460 e. The third-order valence-corrected chi connectivity index (χ3v) is 4.09. The second-order valence-electron chi connectivity index (χ2n) is 4.10. The molecule has 1 nitrogen and oxygen atoms in total. The zero-order valence-electron chi connectivity index (χ0n) is 9.44. The number of para-hydroxylation sites is 1. The van der Waals surface area contributed by atoms with Crippen molar-refractivity contribution in [2.75, 3.05) is 0 Å². The maximum atomic E-state index is 5.89. The van der Waals surface area contributed by atoms with Gasteiger partial charge in [-0.2, -0.15) is 0 Å². The molecule has 0 saturated heterocycles. The van der Waals surface area contributed by atoms with Gasteiger partial charge in [0, 0.05) is 10.4 Å². The molecule has 0 radical (unpaired) electrons. The van der Waals surface area contributed by atoms with Crippen LogP contribution in [0.3, 0.4) is 0 Å². The lowest BCUT2D eigenvalue weighted by Gasteiger charge is -2.06. The monoisotopic (exact) mass is 320 g/mol. The van der Waals surface area contributed by atoms with Crippen LogP contribution in [-0.2, 0) is 0 Å². The lowest BCUT2D eigenvalue weighted by Crippen LogP contribution is -1.89. The van der Waals surface area contributed by atoms with Crippen LogP contribution < -0.4 is 0 Å². The van der Waals surface area contributed by atoms with Crippen molar-refractivity contribution in [2.45, 2.75) is 4.83 Å². The molecule has 90 valence electrons. The molecule has 0 bridgehead atoms. The van der Waals surface area contributed by atoms with E-state index in [-0.39, 0.29) is 4.83 Å². The zero-order valence-corrected chi connectivity index (χ0v) is 11.8. The summed E-state index contributed by atoms with van der Waals surface area (Å²) in [7, 11) is 0. The van der Waals surface area contributed by atoms with Crippen LogP contribution in [0.15, 0.2) is 59.0 Å². The number of rotatable bonds is 2. The average molecular weight is 322 g/mol. The van der Waals surface area contributed by atoms with Crippen LogP contribution in [0.25, 0.3) is 11.0 Å². The van der Waals surface area contributed by atoms with Gasteiger partial charge in [0.25, 0.3) is 0 Å². The molecule has 0 amide bonds. The van der Waals surface area contributed by atoms with E-state index in [0.29, 0.717) is 0 Å². The van der Waals surface area contributed by atoms with Crippen molar-refractivity contribution in [2.24, 2.45) is 0 Å². The van der Waals surface area contributed by atoms with E-state index < -0.39 is 0 Å². The maximum absolute atomic E-state index is 5.89. The number of alkyl halides is 1. The molecule has 0 aliphatic rings. The molecule has 0 spiro atoms. The van der Waals surface area contributed by atoms with Gasteiger partial charge in [0.05, 0.1) is 4.83 Å². The first-order chi connectivity index (χ1) is 8.74. The van der Waals surface area contributed by atoms with E-state index >= 15 is 0 Å². The number of benzene rings is 2. The molecular formula is C15H10BrClO. The lowest BCUT2D eigenvalue weighted by atomic mass is 10.1. The van der Waals surface area contributed by atoms with Gasteiger partial charge in [0.15, 0.2) is 0 Å². The summed E-state index contributed by atoms with van der Waals surface area (Å²) in [4.78, 5) is 0.0437. The quantitative estimate of drug-likeness (QED) is 0.562.